The maximum Gasteiger partial charge on any atom is 0.343 e. The standard InChI is InChI=1S/C10H11N5O/c1-6-4-11-5-7(12-6)8-2-3-9-13-14-10(16)15(8)9/h4-5,8H,2-3H2,1H3,(H,14,16). The molecule has 16 heavy (non-hydrogen) atoms. The van der Waals surface area contributed by atoms with Gasteiger partial charge in [0.15, 0.2) is 0 Å². The summed E-state index contributed by atoms with van der Waals surface area (Å²) in [6.45, 7) is 1.89. The number of aryl methyl sites for hydroxylation is 2. The Bertz CT molecular complexity index is 585. The summed E-state index contributed by atoms with van der Waals surface area (Å²) < 4.78 is 1.67. The van der Waals surface area contributed by atoms with E-state index < -0.39 is 0 Å². The fourth-order valence-corrected chi connectivity index (χ4v) is 2.15. The van der Waals surface area contributed by atoms with Gasteiger partial charge in [0.1, 0.15) is 5.82 Å². The lowest BCUT2D eigenvalue weighted by Gasteiger charge is -2.10. The van der Waals surface area contributed by atoms with Gasteiger partial charge in [-0.25, -0.2) is 9.89 Å². The Morgan fingerprint density at radius 3 is 3.19 bits per heavy atom. The van der Waals surface area contributed by atoms with E-state index >= 15 is 0 Å². The zero-order valence-electron chi connectivity index (χ0n) is 8.84. The van der Waals surface area contributed by atoms with Crippen LogP contribution >= 0.6 is 0 Å². The highest BCUT2D eigenvalue weighted by Crippen LogP contribution is 2.26. The lowest BCUT2D eigenvalue weighted by Crippen LogP contribution is -2.21. The predicted molar refractivity (Wildman–Crippen MR) is 56.1 cm³/mol. The van der Waals surface area contributed by atoms with Crippen LogP contribution in [0.25, 0.3) is 0 Å². The molecule has 1 aliphatic rings. The van der Waals surface area contributed by atoms with Gasteiger partial charge in [0.2, 0.25) is 0 Å². The zero-order chi connectivity index (χ0) is 11.1. The molecular formula is C10H11N5O. The van der Waals surface area contributed by atoms with E-state index in [-0.39, 0.29) is 11.7 Å². The van der Waals surface area contributed by atoms with Crippen LogP contribution < -0.4 is 5.69 Å². The third kappa shape index (κ3) is 1.26. The maximum absolute atomic E-state index is 11.6. The summed E-state index contributed by atoms with van der Waals surface area (Å²) >= 11 is 0. The van der Waals surface area contributed by atoms with Gasteiger partial charge < -0.3 is 0 Å². The van der Waals surface area contributed by atoms with Crippen molar-refractivity contribution in [2.75, 3.05) is 0 Å². The Labute approximate surface area is 91.4 Å². The summed E-state index contributed by atoms with van der Waals surface area (Å²) in [6, 6.07) is -0.0198. The molecule has 6 heteroatoms. The number of fused-ring (bicyclic) bond motifs is 1. The Morgan fingerprint density at radius 2 is 2.38 bits per heavy atom. The van der Waals surface area contributed by atoms with Crippen LogP contribution in [0.2, 0.25) is 0 Å². The molecule has 1 aliphatic heterocycles. The second-order valence-corrected chi connectivity index (χ2v) is 3.95. The summed E-state index contributed by atoms with van der Waals surface area (Å²) in [5.74, 6) is 0.804. The lowest BCUT2D eigenvalue weighted by atomic mass is 10.1. The van der Waals surface area contributed by atoms with Gasteiger partial charge in [-0.05, 0) is 13.3 Å². The molecule has 6 nitrogen and oxygen atoms in total. The first-order valence-corrected chi connectivity index (χ1v) is 5.20. The van der Waals surface area contributed by atoms with Gasteiger partial charge in [-0.1, -0.05) is 0 Å². The first-order chi connectivity index (χ1) is 7.75. The lowest BCUT2D eigenvalue weighted by molar-refractivity contribution is 0.577. The molecule has 3 heterocycles. The van der Waals surface area contributed by atoms with Crippen molar-refractivity contribution in [2.45, 2.75) is 25.8 Å². The Balaban J connectivity index is 2.10. The molecule has 3 rings (SSSR count). The molecule has 1 atom stereocenters. The molecule has 0 spiro atoms. The van der Waals surface area contributed by atoms with E-state index in [1.165, 1.54) is 0 Å². The van der Waals surface area contributed by atoms with Crippen LogP contribution in [0.3, 0.4) is 0 Å². The molecule has 0 fully saturated rings. The molecule has 0 aliphatic carbocycles. The molecule has 82 valence electrons. The third-order valence-electron chi connectivity index (χ3n) is 2.85. The van der Waals surface area contributed by atoms with Gasteiger partial charge in [0.05, 0.1) is 23.6 Å². The summed E-state index contributed by atoms with van der Waals surface area (Å²) in [7, 11) is 0. The predicted octanol–water partition coefficient (Wildman–Crippen LogP) is 0.205. The van der Waals surface area contributed by atoms with Crippen LogP contribution in [0.15, 0.2) is 17.2 Å². The first-order valence-electron chi connectivity index (χ1n) is 5.20. The van der Waals surface area contributed by atoms with E-state index in [1.807, 2.05) is 6.92 Å². The summed E-state index contributed by atoms with van der Waals surface area (Å²) in [5, 5.41) is 6.43. The number of rotatable bonds is 1. The quantitative estimate of drug-likeness (QED) is 0.740. The summed E-state index contributed by atoms with van der Waals surface area (Å²) in [5.41, 5.74) is 1.53. The number of hydrogen-bond donors (Lipinski definition) is 1. The van der Waals surface area contributed by atoms with Crippen molar-refractivity contribution in [2.24, 2.45) is 0 Å². The van der Waals surface area contributed by atoms with Crippen molar-refractivity contribution in [3.05, 3.63) is 40.1 Å². The van der Waals surface area contributed by atoms with Crippen molar-refractivity contribution < 1.29 is 0 Å². The Hall–Kier alpha value is -1.98. The van der Waals surface area contributed by atoms with E-state index in [2.05, 4.69) is 20.2 Å². The smallest absolute Gasteiger partial charge is 0.270 e. The monoisotopic (exact) mass is 217 g/mol. The molecule has 2 aromatic rings. The molecule has 0 amide bonds. The zero-order valence-corrected chi connectivity index (χ0v) is 8.84. The number of aromatic amines is 1. The van der Waals surface area contributed by atoms with Crippen molar-refractivity contribution >= 4 is 0 Å². The van der Waals surface area contributed by atoms with Crippen molar-refractivity contribution in [1.82, 2.24) is 24.7 Å². The molecule has 0 aromatic carbocycles. The minimum absolute atomic E-state index is 0.0198. The number of nitrogens with one attached hydrogen (secondary N) is 1. The fourth-order valence-electron chi connectivity index (χ4n) is 2.15. The van der Waals surface area contributed by atoms with Gasteiger partial charge in [0, 0.05) is 12.6 Å². The Kier molecular flexibility index (Phi) is 1.89. The number of nitrogens with zero attached hydrogens (tertiary/aromatic N) is 4. The SMILES string of the molecule is Cc1cncc(C2CCc3n[nH]c(=O)n32)n1. The maximum atomic E-state index is 11.6. The highest BCUT2D eigenvalue weighted by Gasteiger charge is 2.28. The van der Waals surface area contributed by atoms with Gasteiger partial charge in [0.25, 0.3) is 0 Å². The van der Waals surface area contributed by atoms with E-state index in [0.29, 0.717) is 0 Å². The van der Waals surface area contributed by atoms with E-state index in [0.717, 1.165) is 30.1 Å². The normalized spacial score (nSPS) is 18.7. The number of aromatic nitrogens is 5. The third-order valence-corrected chi connectivity index (χ3v) is 2.85. The molecule has 0 bridgehead atoms. The first kappa shape index (κ1) is 9.26. The molecule has 1 N–H and O–H groups in total. The van der Waals surface area contributed by atoms with Crippen LogP contribution in [-0.2, 0) is 6.42 Å². The second kappa shape index (κ2) is 3.26. The minimum Gasteiger partial charge on any atom is -0.270 e. The van der Waals surface area contributed by atoms with Crippen molar-refractivity contribution in [3.8, 4) is 0 Å². The van der Waals surface area contributed by atoms with Gasteiger partial charge in [-0.3, -0.25) is 14.5 Å². The van der Waals surface area contributed by atoms with Crippen LogP contribution in [0.1, 0.15) is 29.7 Å². The van der Waals surface area contributed by atoms with Crippen LogP contribution in [-0.4, -0.2) is 24.7 Å². The minimum atomic E-state index is -0.166. The Morgan fingerprint density at radius 1 is 1.50 bits per heavy atom. The largest absolute Gasteiger partial charge is 0.343 e. The molecule has 0 radical (unpaired) electrons. The highest BCUT2D eigenvalue weighted by atomic mass is 16.1. The van der Waals surface area contributed by atoms with Crippen molar-refractivity contribution in [3.63, 3.8) is 0 Å². The molecule has 0 saturated heterocycles. The average molecular weight is 217 g/mol. The van der Waals surface area contributed by atoms with Crippen LogP contribution in [0.4, 0.5) is 0 Å². The topological polar surface area (TPSA) is 76.5 Å². The summed E-state index contributed by atoms with van der Waals surface area (Å²) in [4.78, 5) is 20.1. The van der Waals surface area contributed by atoms with Gasteiger partial charge in [-0.15, -0.1) is 0 Å². The van der Waals surface area contributed by atoms with Crippen LogP contribution in [0.5, 0.6) is 0 Å². The highest BCUT2D eigenvalue weighted by molar-refractivity contribution is 5.13. The van der Waals surface area contributed by atoms with E-state index in [9.17, 15) is 4.79 Å². The van der Waals surface area contributed by atoms with Gasteiger partial charge in [-0.2, -0.15) is 5.10 Å². The van der Waals surface area contributed by atoms with Crippen LogP contribution in [0, 0.1) is 6.92 Å². The molecule has 0 saturated carbocycles. The van der Waals surface area contributed by atoms with E-state index in [1.54, 1.807) is 17.0 Å². The number of H-pyrrole nitrogens is 1. The molecular weight excluding hydrogens is 206 g/mol. The molecule has 1 unspecified atom stereocenters. The van der Waals surface area contributed by atoms with Crippen molar-refractivity contribution in [1.29, 1.82) is 0 Å². The molecule has 2 aromatic heterocycles. The summed E-state index contributed by atoms with van der Waals surface area (Å²) in [6.07, 6.45) is 5.09. The average Bonchev–Trinajstić information content (AvgIpc) is 2.82. The fraction of sp³-hybridized carbons (Fsp3) is 0.400. The number of hydrogen-bond acceptors (Lipinski definition) is 4. The van der Waals surface area contributed by atoms with E-state index in [4.69, 9.17) is 0 Å². The van der Waals surface area contributed by atoms with Gasteiger partial charge >= 0.3 is 5.69 Å². The second-order valence-electron chi connectivity index (χ2n) is 3.95.